The van der Waals surface area contributed by atoms with Gasteiger partial charge in [0.05, 0.1) is 4.47 Å². The van der Waals surface area contributed by atoms with Crippen molar-refractivity contribution < 1.29 is 26.0 Å². The van der Waals surface area contributed by atoms with Crippen LogP contribution < -0.4 is 9.62 Å². The minimum Gasteiger partial charge on any atom is -0.378 e. The van der Waals surface area contributed by atoms with Crippen LogP contribution in [-0.4, -0.2) is 22.5 Å². The third-order valence-corrected chi connectivity index (χ3v) is 5.17. The number of halogens is 5. The van der Waals surface area contributed by atoms with E-state index in [4.69, 9.17) is 0 Å². The summed E-state index contributed by atoms with van der Waals surface area (Å²) >= 11 is 2.32. The van der Waals surface area contributed by atoms with Crippen LogP contribution in [0.5, 0.6) is 0 Å². The summed E-state index contributed by atoms with van der Waals surface area (Å²) in [4.78, 5) is 0.0225. The first kappa shape index (κ1) is 18.5. The first-order chi connectivity index (χ1) is 11.1. The minimum absolute atomic E-state index is 0.0249. The molecule has 0 aliphatic rings. The maximum Gasteiger partial charge on any atom is 0.267 e. The Morgan fingerprint density at radius 2 is 1.38 bits per heavy atom. The molecule has 0 bridgehead atoms. The highest BCUT2D eigenvalue weighted by Gasteiger charge is 2.32. The standard InChI is InChI=1S/C14H11BrF4N2O2S/c1-21(2)8-5-3-7(4-6-8)20-24(22,23)14-12(18)10(16)9(15)11(17)13(14)19/h3-6,20H,1-2H3. The number of benzene rings is 2. The fourth-order valence-corrected chi connectivity index (χ4v) is 3.40. The Kier molecular flexibility index (Phi) is 5.09. The Bertz CT molecular complexity index is 858. The van der Waals surface area contributed by atoms with E-state index >= 15 is 0 Å². The Labute approximate surface area is 144 Å². The zero-order chi connectivity index (χ0) is 18.2. The highest BCUT2D eigenvalue weighted by molar-refractivity contribution is 9.10. The molecule has 2 aromatic carbocycles. The lowest BCUT2D eigenvalue weighted by Crippen LogP contribution is -2.19. The van der Waals surface area contributed by atoms with Crippen LogP contribution >= 0.6 is 15.9 Å². The molecule has 130 valence electrons. The van der Waals surface area contributed by atoms with Crippen LogP contribution in [0.1, 0.15) is 0 Å². The van der Waals surface area contributed by atoms with E-state index in [9.17, 15) is 26.0 Å². The molecule has 0 radical (unpaired) electrons. The van der Waals surface area contributed by atoms with Gasteiger partial charge in [-0.2, -0.15) is 0 Å². The van der Waals surface area contributed by atoms with Gasteiger partial charge in [0.2, 0.25) is 0 Å². The van der Waals surface area contributed by atoms with Crippen molar-refractivity contribution in [2.45, 2.75) is 4.90 Å². The van der Waals surface area contributed by atoms with Crippen molar-refractivity contribution in [2.24, 2.45) is 0 Å². The molecule has 0 aromatic heterocycles. The van der Waals surface area contributed by atoms with E-state index in [1.807, 2.05) is 4.72 Å². The summed E-state index contributed by atoms with van der Waals surface area (Å²) in [5.41, 5.74) is 0.721. The van der Waals surface area contributed by atoms with E-state index in [2.05, 4.69) is 15.9 Å². The van der Waals surface area contributed by atoms with Gasteiger partial charge in [0.1, 0.15) is 0 Å². The number of hydrogen-bond donors (Lipinski definition) is 1. The number of nitrogens with one attached hydrogen (secondary N) is 1. The fourth-order valence-electron chi connectivity index (χ4n) is 1.85. The Hall–Kier alpha value is -1.81. The van der Waals surface area contributed by atoms with Crippen LogP contribution in [-0.2, 0) is 10.0 Å². The zero-order valence-corrected chi connectivity index (χ0v) is 14.8. The monoisotopic (exact) mass is 426 g/mol. The molecule has 0 atom stereocenters. The van der Waals surface area contributed by atoms with E-state index in [0.29, 0.717) is 0 Å². The van der Waals surface area contributed by atoms with Gasteiger partial charge in [0.15, 0.2) is 28.2 Å². The molecule has 0 spiro atoms. The molecule has 0 fully saturated rings. The summed E-state index contributed by atoms with van der Waals surface area (Å²) in [5.74, 6) is -7.70. The van der Waals surface area contributed by atoms with Crippen molar-refractivity contribution in [3.8, 4) is 0 Å². The van der Waals surface area contributed by atoms with Crippen LogP contribution in [0.2, 0.25) is 0 Å². The van der Waals surface area contributed by atoms with Crippen LogP contribution in [0.3, 0.4) is 0 Å². The largest absolute Gasteiger partial charge is 0.378 e. The summed E-state index contributed by atoms with van der Waals surface area (Å²) in [6.07, 6.45) is 0. The third kappa shape index (κ3) is 3.34. The predicted octanol–water partition coefficient (Wildman–Crippen LogP) is 3.87. The van der Waals surface area contributed by atoms with Crippen molar-refractivity contribution in [3.05, 3.63) is 52.0 Å². The number of rotatable bonds is 4. The molecule has 0 unspecified atom stereocenters. The van der Waals surface area contributed by atoms with E-state index in [1.165, 1.54) is 12.1 Å². The molecule has 24 heavy (non-hydrogen) atoms. The van der Waals surface area contributed by atoms with E-state index in [1.54, 1.807) is 31.1 Å². The van der Waals surface area contributed by atoms with Crippen molar-refractivity contribution in [1.82, 2.24) is 0 Å². The molecule has 0 aliphatic carbocycles. The maximum atomic E-state index is 13.8. The molecule has 4 nitrogen and oxygen atoms in total. The lowest BCUT2D eigenvalue weighted by molar-refractivity contribution is 0.413. The first-order valence-electron chi connectivity index (χ1n) is 6.38. The minimum atomic E-state index is -4.88. The van der Waals surface area contributed by atoms with Gasteiger partial charge in [0, 0.05) is 25.5 Å². The second-order valence-corrected chi connectivity index (χ2v) is 7.36. The summed E-state index contributed by atoms with van der Waals surface area (Å²) < 4.78 is 79.7. The van der Waals surface area contributed by atoms with Gasteiger partial charge in [0.25, 0.3) is 10.0 Å². The van der Waals surface area contributed by atoms with Crippen molar-refractivity contribution in [3.63, 3.8) is 0 Å². The van der Waals surface area contributed by atoms with Gasteiger partial charge in [-0.05, 0) is 40.2 Å². The summed E-state index contributed by atoms with van der Waals surface area (Å²) in [5, 5.41) is 0. The van der Waals surface area contributed by atoms with E-state index < -0.39 is 42.7 Å². The van der Waals surface area contributed by atoms with E-state index in [0.717, 1.165) is 5.69 Å². The molecule has 2 rings (SSSR count). The van der Waals surface area contributed by atoms with Crippen LogP contribution in [0.25, 0.3) is 0 Å². The van der Waals surface area contributed by atoms with Crippen molar-refractivity contribution in [1.29, 1.82) is 0 Å². The molecule has 0 amide bonds. The van der Waals surface area contributed by atoms with Gasteiger partial charge in [-0.1, -0.05) is 0 Å². The lowest BCUT2D eigenvalue weighted by Gasteiger charge is -2.14. The van der Waals surface area contributed by atoms with E-state index in [-0.39, 0.29) is 5.69 Å². The van der Waals surface area contributed by atoms with Crippen LogP contribution in [0.4, 0.5) is 28.9 Å². The normalized spacial score (nSPS) is 11.5. The van der Waals surface area contributed by atoms with Gasteiger partial charge in [-0.3, -0.25) is 4.72 Å². The SMILES string of the molecule is CN(C)c1ccc(NS(=O)(=O)c2c(F)c(F)c(Br)c(F)c2F)cc1. The molecular weight excluding hydrogens is 416 g/mol. The van der Waals surface area contributed by atoms with Crippen LogP contribution in [0.15, 0.2) is 33.6 Å². The smallest absolute Gasteiger partial charge is 0.267 e. The second kappa shape index (κ2) is 6.60. The highest BCUT2D eigenvalue weighted by atomic mass is 79.9. The summed E-state index contributed by atoms with van der Waals surface area (Å²) in [6, 6.07) is 5.78. The van der Waals surface area contributed by atoms with Gasteiger partial charge in [-0.15, -0.1) is 0 Å². The number of hydrogen-bond acceptors (Lipinski definition) is 3. The Morgan fingerprint density at radius 3 is 1.79 bits per heavy atom. The van der Waals surface area contributed by atoms with Crippen molar-refractivity contribution >= 4 is 37.3 Å². The quantitative estimate of drug-likeness (QED) is 0.458. The summed E-state index contributed by atoms with van der Waals surface area (Å²) in [7, 11) is -1.36. The van der Waals surface area contributed by atoms with Gasteiger partial charge >= 0.3 is 0 Å². The third-order valence-electron chi connectivity index (χ3n) is 3.07. The second-order valence-electron chi connectivity index (χ2n) is 4.95. The molecule has 0 aliphatic heterocycles. The predicted molar refractivity (Wildman–Crippen MR) is 85.6 cm³/mol. The fraction of sp³-hybridized carbons (Fsp3) is 0.143. The van der Waals surface area contributed by atoms with Crippen molar-refractivity contribution in [2.75, 3.05) is 23.7 Å². The van der Waals surface area contributed by atoms with Crippen LogP contribution in [0, 0.1) is 23.3 Å². The lowest BCUT2D eigenvalue weighted by atomic mass is 10.3. The molecule has 0 saturated heterocycles. The zero-order valence-electron chi connectivity index (χ0n) is 12.4. The number of nitrogens with zero attached hydrogens (tertiary/aromatic N) is 1. The first-order valence-corrected chi connectivity index (χ1v) is 8.65. The number of sulfonamides is 1. The topological polar surface area (TPSA) is 49.4 Å². The Balaban J connectivity index is 2.48. The number of anilines is 2. The summed E-state index contributed by atoms with van der Waals surface area (Å²) in [6.45, 7) is 0. The molecule has 0 saturated carbocycles. The molecule has 10 heteroatoms. The average molecular weight is 427 g/mol. The molecule has 2 aromatic rings. The Morgan fingerprint density at radius 1 is 0.917 bits per heavy atom. The highest BCUT2D eigenvalue weighted by Crippen LogP contribution is 2.31. The van der Waals surface area contributed by atoms with Gasteiger partial charge < -0.3 is 4.90 Å². The maximum absolute atomic E-state index is 13.8. The average Bonchev–Trinajstić information content (AvgIpc) is 2.51. The molecule has 1 N–H and O–H groups in total. The molecular formula is C14H11BrF4N2O2S. The molecule has 0 heterocycles. The van der Waals surface area contributed by atoms with Gasteiger partial charge in [-0.25, -0.2) is 26.0 Å².